The molecule has 3 nitrogen and oxygen atoms in total. The summed E-state index contributed by atoms with van der Waals surface area (Å²) >= 11 is 0. The molecular formula is C33H26F8O3. The van der Waals surface area contributed by atoms with E-state index < -0.39 is 64.5 Å². The van der Waals surface area contributed by atoms with Gasteiger partial charge in [0.15, 0.2) is 17.9 Å². The van der Waals surface area contributed by atoms with Gasteiger partial charge >= 0.3 is 6.11 Å². The highest BCUT2D eigenvalue weighted by Crippen LogP contribution is 2.39. The number of halogens is 8. The highest BCUT2D eigenvalue weighted by atomic mass is 19.3. The van der Waals surface area contributed by atoms with E-state index in [0.29, 0.717) is 37.0 Å². The van der Waals surface area contributed by atoms with Crippen LogP contribution in [0.5, 0.6) is 5.75 Å². The molecule has 11 heteroatoms. The van der Waals surface area contributed by atoms with Crippen LogP contribution in [0.4, 0.5) is 35.1 Å². The molecule has 1 aliphatic rings. The fourth-order valence-corrected chi connectivity index (χ4v) is 4.89. The van der Waals surface area contributed by atoms with E-state index in [4.69, 9.17) is 9.47 Å². The Morgan fingerprint density at radius 2 is 1.25 bits per heavy atom. The normalized spacial score (nSPS) is 17.3. The van der Waals surface area contributed by atoms with Crippen LogP contribution in [0.2, 0.25) is 0 Å². The minimum Gasteiger partial charge on any atom is -0.429 e. The van der Waals surface area contributed by atoms with Gasteiger partial charge in [-0.3, -0.25) is 0 Å². The summed E-state index contributed by atoms with van der Waals surface area (Å²) in [7, 11) is 0. The maximum absolute atomic E-state index is 15.0. The molecule has 0 atom stereocenters. The summed E-state index contributed by atoms with van der Waals surface area (Å²) in [4.78, 5) is 0. The largest absolute Gasteiger partial charge is 0.432 e. The van der Waals surface area contributed by atoms with Gasteiger partial charge in [0, 0.05) is 28.7 Å². The molecule has 0 radical (unpaired) electrons. The third kappa shape index (κ3) is 6.30. The van der Waals surface area contributed by atoms with E-state index in [2.05, 4.69) is 4.74 Å². The Morgan fingerprint density at radius 1 is 0.705 bits per heavy atom. The van der Waals surface area contributed by atoms with E-state index in [0.717, 1.165) is 24.3 Å². The van der Waals surface area contributed by atoms with Crippen molar-refractivity contribution in [2.45, 2.75) is 39.1 Å². The first-order chi connectivity index (χ1) is 20.7. The number of ether oxygens (including phenoxy) is 3. The lowest BCUT2D eigenvalue weighted by atomic mass is 9.96. The third-order valence-electron chi connectivity index (χ3n) is 7.15. The molecule has 0 bridgehead atoms. The molecule has 0 amide bonds. The molecule has 4 aromatic carbocycles. The zero-order valence-electron chi connectivity index (χ0n) is 23.7. The molecule has 0 spiro atoms. The van der Waals surface area contributed by atoms with E-state index in [-0.39, 0.29) is 33.7 Å². The molecule has 5 rings (SSSR count). The van der Waals surface area contributed by atoms with Crippen molar-refractivity contribution >= 4 is 0 Å². The second-order valence-corrected chi connectivity index (χ2v) is 10.9. The van der Waals surface area contributed by atoms with Crippen LogP contribution >= 0.6 is 0 Å². The molecule has 1 heterocycles. The highest BCUT2D eigenvalue weighted by Gasteiger charge is 2.41. The SMILES string of the molecule is CC1COC(c2ccc(-c3cc(F)c(C(F)(F)Oc4ccc(-c5cc(F)c(F)c(C(C)C)c5)c(F)c4)c(F)c3)c(F)c2)OC1. The lowest BCUT2D eigenvalue weighted by Crippen LogP contribution is -2.25. The van der Waals surface area contributed by atoms with Gasteiger partial charge in [0.25, 0.3) is 0 Å². The minimum atomic E-state index is -4.62. The maximum Gasteiger partial charge on any atom is 0.432 e. The Morgan fingerprint density at radius 3 is 1.82 bits per heavy atom. The molecule has 0 unspecified atom stereocenters. The number of rotatable bonds is 7. The summed E-state index contributed by atoms with van der Waals surface area (Å²) in [6, 6.07) is 9.19. The Balaban J connectivity index is 1.39. The average Bonchev–Trinajstić information content (AvgIpc) is 2.94. The lowest BCUT2D eigenvalue weighted by molar-refractivity contribution is -0.202. The summed E-state index contributed by atoms with van der Waals surface area (Å²) in [5.74, 6) is -8.87. The van der Waals surface area contributed by atoms with Crippen molar-refractivity contribution in [3.8, 4) is 28.0 Å². The maximum atomic E-state index is 15.0. The van der Waals surface area contributed by atoms with E-state index in [9.17, 15) is 26.3 Å². The molecule has 1 saturated heterocycles. The second-order valence-electron chi connectivity index (χ2n) is 10.9. The van der Waals surface area contributed by atoms with Crippen molar-refractivity contribution in [2.24, 2.45) is 5.92 Å². The predicted octanol–water partition coefficient (Wildman–Crippen LogP) is 9.79. The Kier molecular flexibility index (Phi) is 8.73. The number of benzene rings is 4. The van der Waals surface area contributed by atoms with Gasteiger partial charge in [0.05, 0.1) is 13.2 Å². The van der Waals surface area contributed by atoms with E-state index in [1.165, 1.54) is 18.2 Å². The molecule has 232 valence electrons. The Hall–Kier alpha value is -3.96. The van der Waals surface area contributed by atoms with Crippen molar-refractivity contribution in [1.82, 2.24) is 0 Å². The quantitative estimate of drug-likeness (QED) is 0.192. The molecule has 4 aromatic rings. The predicted molar refractivity (Wildman–Crippen MR) is 146 cm³/mol. The summed E-state index contributed by atoms with van der Waals surface area (Å²) in [5.41, 5.74) is -2.37. The summed E-state index contributed by atoms with van der Waals surface area (Å²) in [6.07, 6.45) is -5.45. The average molecular weight is 623 g/mol. The van der Waals surface area contributed by atoms with Crippen LogP contribution in [-0.4, -0.2) is 13.2 Å². The molecule has 1 fully saturated rings. The van der Waals surface area contributed by atoms with Crippen LogP contribution < -0.4 is 4.74 Å². The van der Waals surface area contributed by atoms with Crippen LogP contribution in [0.1, 0.15) is 49.7 Å². The molecule has 0 aliphatic carbocycles. The zero-order valence-corrected chi connectivity index (χ0v) is 23.7. The number of hydrogen-bond donors (Lipinski definition) is 0. The van der Waals surface area contributed by atoms with E-state index in [1.54, 1.807) is 13.8 Å². The molecule has 0 N–H and O–H groups in total. The fraction of sp³-hybridized carbons (Fsp3) is 0.273. The summed E-state index contributed by atoms with van der Waals surface area (Å²) < 4.78 is 134. The highest BCUT2D eigenvalue weighted by molar-refractivity contribution is 5.67. The van der Waals surface area contributed by atoms with E-state index >= 15 is 8.78 Å². The van der Waals surface area contributed by atoms with Crippen molar-refractivity contribution < 1.29 is 49.3 Å². The van der Waals surface area contributed by atoms with Gasteiger partial charge < -0.3 is 14.2 Å². The first-order valence-corrected chi connectivity index (χ1v) is 13.6. The molecule has 0 saturated carbocycles. The van der Waals surface area contributed by atoms with Crippen molar-refractivity contribution in [3.63, 3.8) is 0 Å². The summed E-state index contributed by atoms with van der Waals surface area (Å²) in [6.45, 7) is 5.92. The smallest absolute Gasteiger partial charge is 0.429 e. The van der Waals surface area contributed by atoms with Gasteiger partial charge in [-0.15, -0.1) is 0 Å². The van der Waals surface area contributed by atoms with Crippen LogP contribution in [0.3, 0.4) is 0 Å². The third-order valence-corrected chi connectivity index (χ3v) is 7.15. The topological polar surface area (TPSA) is 27.7 Å². The van der Waals surface area contributed by atoms with Crippen LogP contribution in [-0.2, 0) is 15.6 Å². The second kappa shape index (κ2) is 12.2. The molecule has 0 aromatic heterocycles. The first kappa shape index (κ1) is 31.5. The van der Waals surface area contributed by atoms with Gasteiger partial charge in [0.2, 0.25) is 0 Å². The number of hydrogen-bond acceptors (Lipinski definition) is 3. The van der Waals surface area contributed by atoms with Gasteiger partial charge in [-0.25, -0.2) is 26.3 Å². The van der Waals surface area contributed by atoms with Crippen LogP contribution in [0, 0.1) is 40.8 Å². The minimum absolute atomic E-state index is 0.0154. The molecule has 44 heavy (non-hydrogen) atoms. The molecular weight excluding hydrogens is 596 g/mol. The van der Waals surface area contributed by atoms with Crippen LogP contribution in [0.25, 0.3) is 22.3 Å². The molecule has 1 aliphatic heterocycles. The van der Waals surface area contributed by atoms with Gasteiger partial charge in [0.1, 0.15) is 34.6 Å². The van der Waals surface area contributed by atoms with Gasteiger partial charge in [-0.05, 0) is 65.1 Å². The van der Waals surface area contributed by atoms with Crippen molar-refractivity contribution in [1.29, 1.82) is 0 Å². The number of alkyl halides is 2. The first-order valence-electron chi connectivity index (χ1n) is 13.6. The lowest BCUT2D eigenvalue weighted by Gasteiger charge is -2.27. The fourth-order valence-electron chi connectivity index (χ4n) is 4.89. The van der Waals surface area contributed by atoms with Gasteiger partial charge in [-0.1, -0.05) is 32.9 Å². The zero-order chi connectivity index (χ0) is 31.9. The van der Waals surface area contributed by atoms with Crippen molar-refractivity contribution in [2.75, 3.05) is 13.2 Å². The summed E-state index contributed by atoms with van der Waals surface area (Å²) in [5, 5.41) is 0. The Labute approximate surface area is 248 Å². The van der Waals surface area contributed by atoms with Crippen LogP contribution in [0.15, 0.2) is 60.7 Å². The van der Waals surface area contributed by atoms with E-state index in [1.807, 2.05) is 6.92 Å². The van der Waals surface area contributed by atoms with Crippen molar-refractivity contribution in [3.05, 3.63) is 112 Å². The standard InChI is InChI=1S/C33H26F8O3/c1-16(2)24-8-19(12-29(38)31(24)39)23-7-5-21(13-26(23)35)44-33(40,41)30-27(36)10-20(11-28(30)37)22-6-4-18(9-25(22)34)32-42-14-17(3)15-43-32/h4-13,16-17,32H,14-15H2,1-3H3. The monoisotopic (exact) mass is 622 g/mol. The van der Waals surface area contributed by atoms with Gasteiger partial charge in [-0.2, -0.15) is 8.78 Å². The Bertz CT molecular complexity index is 1670.